The van der Waals surface area contributed by atoms with Gasteiger partial charge in [-0.05, 0) is 37.1 Å². The van der Waals surface area contributed by atoms with Crippen LogP contribution < -0.4 is 10.2 Å². The van der Waals surface area contributed by atoms with Crippen LogP contribution in [0.15, 0.2) is 30.5 Å². The first kappa shape index (κ1) is 16.1. The van der Waals surface area contributed by atoms with Gasteiger partial charge in [0.05, 0.1) is 12.5 Å². The van der Waals surface area contributed by atoms with Crippen LogP contribution >= 0.6 is 22.9 Å². The topological polar surface area (TPSA) is 65.5 Å². The molecule has 7 heteroatoms. The lowest BCUT2D eigenvalue weighted by Gasteiger charge is -2.32. The van der Waals surface area contributed by atoms with Crippen molar-refractivity contribution < 1.29 is 9.90 Å². The van der Waals surface area contributed by atoms with E-state index in [0.717, 1.165) is 35.6 Å². The molecule has 0 saturated carbocycles. The summed E-state index contributed by atoms with van der Waals surface area (Å²) >= 11 is 7.28. The highest BCUT2D eigenvalue weighted by Crippen LogP contribution is 2.25. The van der Waals surface area contributed by atoms with Gasteiger partial charge in [0.25, 0.3) is 0 Å². The maximum atomic E-state index is 11.2. The molecule has 2 aromatic rings. The van der Waals surface area contributed by atoms with Gasteiger partial charge < -0.3 is 15.3 Å². The SMILES string of the molecule is O=C(O)C1CCCN(c2ccc(NCc3cnc(Cl)s3)cc2)C1. The fourth-order valence-corrected chi connectivity index (χ4v) is 3.68. The van der Waals surface area contributed by atoms with Gasteiger partial charge in [-0.25, -0.2) is 4.98 Å². The van der Waals surface area contributed by atoms with E-state index in [1.54, 1.807) is 6.20 Å². The van der Waals surface area contributed by atoms with E-state index in [9.17, 15) is 9.90 Å². The molecule has 1 aromatic heterocycles. The van der Waals surface area contributed by atoms with E-state index in [1.165, 1.54) is 11.3 Å². The van der Waals surface area contributed by atoms with Crippen molar-refractivity contribution in [2.75, 3.05) is 23.3 Å². The number of piperidine rings is 1. The first-order chi connectivity index (χ1) is 11.1. The van der Waals surface area contributed by atoms with Crippen molar-refractivity contribution in [2.24, 2.45) is 5.92 Å². The number of nitrogens with one attached hydrogen (secondary N) is 1. The zero-order valence-corrected chi connectivity index (χ0v) is 14.1. The Morgan fingerprint density at radius 2 is 2.22 bits per heavy atom. The highest BCUT2D eigenvalue weighted by Gasteiger charge is 2.25. The number of benzene rings is 1. The summed E-state index contributed by atoms with van der Waals surface area (Å²) in [6, 6.07) is 8.10. The fraction of sp³-hybridized carbons (Fsp3) is 0.375. The molecule has 0 radical (unpaired) electrons. The molecule has 1 aliphatic rings. The van der Waals surface area contributed by atoms with Crippen molar-refractivity contribution >= 4 is 40.3 Å². The number of halogens is 1. The van der Waals surface area contributed by atoms with E-state index in [4.69, 9.17) is 11.6 Å². The zero-order valence-electron chi connectivity index (χ0n) is 12.5. The Hall–Kier alpha value is -1.79. The molecule has 23 heavy (non-hydrogen) atoms. The normalized spacial score (nSPS) is 18.0. The Balaban J connectivity index is 1.59. The van der Waals surface area contributed by atoms with Gasteiger partial charge in [0, 0.05) is 35.5 Å². The van der Waals surface area contributed by atoms with Crippen LogP contribution in [0.1, 0.15) is 17.7 Å². The van der Waals surface area contributed by atoms with Crippen molar-refractivity contribution in [3.8, 4) is 0 Å². The van der Waals surface area contributed by atoms with Crippen LogP contribution in [0, 0.1) is 5.92 Å². The summed E-state index contributed by atoms with van der Waals surface area (Å²) in [6.45, 7) is 2.19. The molecule has 1 saturated heterocycles. The minimum atomic E-state index is -0.698. The van der Waals surface area contributed by atoms with Crippen LogP contribution in [-0.2, 0) is 11.3 Å². The second kappa shape index (κ2) is 7.19. The Labute approximate surface area is 143 Å². The standard InChI is InChI=1S/C16H18ClN3O2S/c17-16-19-9-14(23-16)8-18-12-3-5-13(6-4-12)20-7-1-2-11(10-20)15(21)22/h3-6,9,11,18H,1-2,7-8,10H2,(H,21,22). The molecule has 1 aromatic carbocycles. The van der Waals surface area contributed by atoms with Gasteiger partial charge in [-0.2, -0.15) is 0 Å². The number of carboxylic acid groups (broad SMARTS) is 1. The van der Waals surface area contributed by atoms with Gasteiger partial charge in [-0.3, -0.25) is 4.79 Å². The zero-order chi connectivity index (χ0) is 16.2. The number of nitrogens with zero attached hydrogens (tertiary/aromatic N) is 2. The van der Waals surface area contributed by atoms with E-state index in [2.05, 4.69) is 15.2 Å². The van der Waals surface area contributed by atoms with Gasteiger partial charge in [0.1, 0.15) is 0 Å². The average molecular weight is 352 g/mol. The summed E-state index contributed by atoms with van der Waals surface area (Å²) in [7, 11) is 0. The van der Waals surface area contributed by atoms with Crippen molar-refractivity contribution in [3.05, 3.63) is 39.8 Å². The minimum Gasteiger partial charge on any atom is -0.481 e. The van der Waals surface area contributed by atoms with Crippen molar-refractivity contribution in [1.82, 2.24) is 4.98 Å². The predicted molar refractivity (Wildman–Crippen MR) is 93.5 cm³/mol. The molecule has 1 aliphatic heterocycles. The summed E-state index contributed by atoms with van der Waals surface area (Å²) in [4.78, 5) is 18.4. The number of anilines is 2. The largest absolute Gasteiger partial charge is 0.481 e. The van der Waals surface area contributed by atoms with Gasteiger partial charge in [0.2, 0.25) is 0 Å². The maximum Gasteiger partial charge on any atom is 0.308 e. The van der Waals surface area contributed by atoms with E-state index >= 15 is 0 Å². The Bertz CT molecular complexity index is 674. The van der Waals surface area contributed by atoms with E-state index in [0.29, 0.717) is 17.6 Å². The van der Waals surface area contributed by atoms with Gasteiger partial charge in [-0.1, -0.05) is 11.6 Å². The third-order valence-corrected chi connectivity index (χ3v) is 5.11. The molecule has 3 rings (SSSR count). The van der Waals surface area contributed by atoms with Crippen LogP contribution in [-0.4, -0.2) is 29.1 Å². The molecule has 1 fully saturated rings. The van der Waals surface area contributed by atoms with E-state index in [1.807, 2.05) is 24.3 Å². The lowest BCUT2D eigenvalue weighted by atomic mass is 9.98. The molecule has 1 unspecified atom stereocenters. The third-order valence-electron chi connectivity index (χ3n) is 4.00. The van der Waals surface area contributed by atoms with Gasteiger partial charge in [-0.15, -0.1) is 11.3 Å². The first-order valence-electron chi connectivity index (χ1n) is 7.54. The number of carboxylic acids is 1. The van der Waals surface area contributed by atoms with Crippen LogP contribution in [0.5, 0.6) is 0 Å². The fourth-order valence-electron chi connectivity index (χ4n) is 2.76. The molecule has 122 valence electrons. The van der Waals surface area contributed by atoms with E-state index in [-0.39, 0.29) is 5.92 Å². The van der Waals surface area contributed by atoms with Crippen molar-refractivity contribution in [1.29, 1.82) is 0 Å². The molecule has 5 nitrogen and oxygen atoms in total. The number of aliphatic carboxylic acids is 1. The minimum absolute atomic E-state index is 0.266. The van der Waals surface area contributed by atoms with Gasteiger partial charge in [0.15, 0.2) is 4.47 Å². The lowest BCUT2D eigenvalue weighted by molar-refractivity contribution is -0.141. The highest BCUT2D eigenvalue weighted by molar-refractivity contribution is 7.15. The molecule has 1 atom stereocenters. The Kier molecular flexibility index (Phi) is 5.03. The highest BCUT2D eigenvalue weighted by atomic mass is 35.5. The summed E-state index contributed by atoms with van der Waals surface area (Å²) in [6.07, 6.45) is 3.46. The van der Waals surface area contributed by atoms with E-state index < -0.39 is 5.97 Å². The summed E-state index contributed by atoms with van der Waals surface area (Å²) in [5.41, 5.74) is 2.09. The number of hydrogen-bond donors (Lipinski definition) is 2. The predicted octanol–water partition coefficient (Wildman–Crippen LogP) is 3.71. The Morgan fingerprint density at radius 1 is 1.43 bits per heavy atom. The smallest absolute Gasteiger partial charge is 0.308 e. The number of aromatic nitrogens is 1. The van der Waals surface area contributed by atoms with Crippen LogP contribution in [0.2, 0.25) is 4.47 Å². The maximum absolute atomic E-state index is 11.2. The molecule has 2 heterocycles. The molecule has 0 amide bonds. The second-order valence-electron chi connectivity index (χ2n) is 5.60. The molecular weight excluding hydrogens is 334 g/mol. The summed E-state index contributed by atoms with van der Waals surface area (Å²) in [5.74, 6) is -0.964. The van der Waals surface area contributed by atoms with Crippen LogP contribution in [0.3, 0.4) is 0 Å². The number of thiazole rings is 1. The molecular formula is C16H18ClN3O2S. The Morgan fingerprint density at radius 3 is 2.87 bits per heavy atom. The third kappa shape index (κ3) is 4.14. The number of hydrogen-bond acceptors (Lipinski definition) is 5. The molecule has 0 spiro atoms. The summed E-state index contributed by atoms with van der Waals surface area (Å²) in [5, 5.41) is 12.5. The molecule has 2 N–H and O–H groups in total. The lowest BCUT2D eigenvalue weighted by Crippen LogP contribution is -2.38. The van der Waals surface area contributed by atoms with Crippen LogP contribution in [0.4, 0.5) is 11.4 Å². The molecule has 0 bridgehead atoms. The first-order valence-corrected chi connectivity index (χ1v) is 8.73. The quantitative estimate of drug-likeness (QED) is 0.859. The monoisotopic (exact) mass is 351 g/mol. The van der Waals surface area contributed by atoms with Crippen molar-refractivity contribution in [3.63, 3.8) is 0 Å². The second-order valence-corrected chi connectivity index (χ2v) is 7.30. The van der Waals surface area contributed by atoms with Crippen molar-refractivity contribution in [2.45, 2.75) is 19.4 Å². The molecule has 0 aliphatic carbocycles. The van der Waals surface area contributed by atoms with Crippen LogP contribution in [0.25, 0.3) is 0 Å². The van der Waals surface area contributed by atoms with Gasteiger partial charge >= 0.3 is 5.97 Å². The number of rotatable bonds is 5. The average Bonchev–Trinajstić information content (AvgIpc) is 2.99. The number of carbonyl (C=O) groups is 1. The summed E-state index contributed by atoms with van der Waals surface area (Å²) < 4.78 is 0.551.